The largest absolute Gasteiger partial charge is 0.480 e. The Hall–Kier alpha value is -2.22. The standard InChI is InChI=1S/C18H24N6O2/c25-15(26)8-23(7-11-1-2-11)14-5-12(6-14)22-17-16-18(20-9-19-17)24(10-21-16)13-3-4-13/h9-14H,1-8H2,(H,25,26)(H,19,20,22). The zero-order chi connectivity index (χ0) is 17.7. The first-order valence-corrected chi connectivity index (χ1v) is 9.57. The molecule has 3 saturated carbocycles. The molecule has 2 aromatic heterocycles. The highest BCUT2D eigenvalue weighted by atomic mass is 16.4. The molecular formula is C18H24N6O2. The summed E-state index contributed by atoms with van der Waals surface area (Å²) in [5.41, 5.74) is 1.74. The van der Waals surface area contributed by atoms with Crippen molar-refractivity contribution in [1.82, 2.24) is 24.4 Å². The highest BCUT2D eigenvalue weighted by Crippen LogP contribution is 2.38. The van der Waals surface area contributed by atoms with Gasteiger partial charge in [-0.05, 0) is 44.4 Å². The zero-order valence-corrected chi connectivity index (χ0v) is 14.7. The number of carbonyl (C=O) groups is 1. The Labute approximate surface area is 151 Å². The molecule has 0 spiro atoms. The SMILES string of the molecule is O=C(O)CN(CC1CC1)C1CC(Nc2ncnc3c2ncn3C2CC2)C1. The maximum Gasteiger partial charge on any atom is 0.317 e. The Balaban J connectivity index is 1.24. The average molecular weight is 356 g/mol. The van der Waals surface area contributed by atoms with Gasteiger partial charge in [0, 0.05) is 24.7 Å². The first kappa shape index (κ1) is 16.0. The van der Waals surface area contributed by atoms with Crippen molar-refractivity contribution in [3.63, 3.8) is 0 Å². The van der Waals surface area contributed by atoms with Gasteiger partial charge in [0.2, 0.25) is 0 Å². The molecule has 5 rings (SSSR count). The van der Waals surface area contributed by atoms with Crippen LogP contribution in [0.1, 0.15) is 44.6 Å². The van der Waals surface area contributed by atoms with Crippen LogP contribution in [0.15, 0.2) is 12.7 Å². The number of nitrogens with zero attached hydrogens (tertiary/aromatic N) is 5. The third kappa shape index (κ3) is 3.13. The fraction of sp³-hybridized carbons (Fsp3) is 0.667. The fourth-order valence-electron chi connectivity index (χ4n) is 3.92. The summed E-state index contributed by atoms with van der Waals surface area (Å²) >= 11 is 0. The van der Waals surface area contributed by atoms with Crippen LogP contribution in [0.25, 0.3) is 11.2 Å². The summed E-state index contributed by atoms with van der Waals surface area (Å²) < 4.78 is 2.15. The summed E-state index contributed by atoms with van der Waals surface area (Å²) in [5.74, 6) is 0.768. The highest BCUT2D eigenvalue weighted by molar-refractivity contribution is 5.83. The zero-order valence-electron chi connectivity index (χ0n) is 14.7. The van der Waals surface area contributed by atoms with Gasteiger partial charge >= 0.3 is 5.97 Å². The lowest BCUT2D eigenvalue weighted by Crippen LogP contribution is -2.52. The molecule has 0 radical (unpaired) electrons. The van der Waals surface area contributed by atoms with Crippen molar-refractivity contribution in [2.45, 2.75) is 56.7 Å². The van der Waals surface area contributed by atoms with Gasteiger partial charge in [0.25, 0.3) is 0 Å². The van der Waals surface area contributed by atoms with Crippen LogP contribution >= 0.6 is 0 Å². The second-order valence-corrected chi connectivity index (χ2v) is 8.01. The van der Waals surface area contributed by atoms with Gasteiger partial charge in [-0.25, -0.2) is 15.0 Å². The summed E-state index contributed by atoms with van der Waals surface area (Å²) in [7, 11) is 0. The van der Waals surface area contributed by atoms with E-state index >= 15 is 0 Å². The summed E-state index contributed by atoms with van der Waals surface area (Å²) in [6, 6.07) is 1.22. The van der Waals surface area contributed by atoms with E-state index in [1.807, 2.05) is 6.33 Å². The van der Waals surface area contributed by atoms with Crippen LogP contribution in [-0.4, -0.2) is 60.7 Å². The molecule has 0 atom stereocenters. The lowest BCUT2D eigenvalue weighted by atomic mass is 9.85. The van der Waals surface area contributed by atoms with E-state index in [1.54, 1.807) is 6.33 Å². The quantitative estimate of drug-likeness (QED) is 0.746. The Morgan fingerprint density at radius 2 is 2.04 bits per heavy atom. The number of carboxylic acid groups (broad SMARTS) is 1. The normalized spacial score (nSPS) is 25.4. The van der Waals surface area contributed by atoms with Gasteiger partial charge in [0.1, 0.15) is 11.8 Å². The second-order valence-electron chi connectivity index (χ2n) is 8.01. The summed E-state index contributed by atoms with van der Waals surface area (Å²) in [4.78, 5) is 26.6. The molecule has 0 bridgehead atoms. The smallest absolute Gasteiger partial charge is 0.317 e. The molecule has 8 heteroatoms. The van der Waals surface area contributed by atoms with Gasteiger partial charge in [0.15, 0.2) is 11.5 Å². The molecule has 0 amide bonds. The van der Waals surface area contributed by atoms with E-state index < -0.39 is 5.97 Å². The fourth-order valence-corrected chi connectivity index (χ4v) is 3.92. The number of aliphatic carboxylic acids is 1. The van der Waals surface area contributed by atoms with Gasteiger partial charge in [-0.2, -0.15) is 0 Å². The lowest BCUT2D eigenvalue weighted by Gasteiger charge is -2.43. The Morgan fingerprint density at radius 3 is 2.73 bits per heavy atom. The first-order chi connectivity index (χ1) is 12.7. The van der Waals surface area contributed by atoms with Gasteiger partial charge in [-0.1, -0.05) is 0 Å². The topological polar surface area (TPSA) is 96.2 Å². The van der Waals surface area contributed by atoms with Crippen molar-refractivity contribution < 1.29 is 9.90 Å². The van der Waals surface area contributed by atoms with E-state index in [0.29, 0.717) is 24.0 Å². The number of hydrogen-bond donors (Lipinski definition) is 2. The second kappa shape index (κ2) is 6.19. The van der Waals surface area contributed by atoms with Crippen molar-refractivity contribution in [3.8, 4) is 0 Å². The molecule has 2 aromatic rings. The van der Waals surface area contributed by atoms with Crippen molar-refractivity contribution >= 4 is 23.0 Å². The average Bonchev–Trinajstić information content (AvgIpc) is 3.50. The van der Waals surface area contributed by atoms with Crippen LogP contribution in [0, 0.1) is 5.92 Å². The number of aromatic nitrogens is 4. The Bertz CT molecular complexity index is 822. The number of carboxylic acids is 1. The first-order valence-electron chi connectivity index (χ1n) is 9.57. The highest BCUT2D eigenvalue weighted by Gasteiger charge is 2.37. The molecule has 0 saturated heterocycles. The number of fused-ring (bicyclic) bond motifs is 1. The Kier molecular flexibility index (Phi) is 3.81. The van der Waals surface area contributed by atoms with Gasteiger partial charge in [0.05, 0.1) is 12.9 Å². The lowest BCUT2D eigenvalue weighted by molar-refractivity contribution is -0.139. The van der Waals surface area contributed by atoms with E-state index in [1.165, 1.54) is 25.7 Å². The predicted molar refractivity (Wildman–Crippen MR) is 96.0 cm³/mol. The van der Waals surface area contributed by atoms with Crippen molar-refractivity contribution in [3.05, 3.63) is 12.7 Å². The molecule has 0 aliphatic heterocycles. The minimum absolute atomic E-state index is 0.150. The monoisotopic (exact) mass is 356 g/mol. The molecule has 3 fully saturated rings. The van der Waals surface area contributed by atoms with Crippen LogP contribution in [0.5, 0.6) is 0 Å². The molecular weight excluding hydrogens is 332 g/mol. The van der Waals surface area contributed by atoms with Crippen LogP contribution in [0.4, 0.5) is 5.82 Å². The number of anilines is 1. The van der Waals surface area contributed by atoms with Crippen molar-refractivity contribution in [2.24, 2.45) is 5.92 Å². The van der Waals surface area contributed by atoms with E-state index in [2.05, 4.69) is 29.7 Å². The summed E-state index contributed by atoms with van der Waals surface area (Å²) in [6.07, 6.45) is 10.3. The van der Waals surface area contributed by atoms with Gasteiger partial charge < -0.3 is 15.0 Å². The molecule has 26 heavy (non-hydrogen) atoms. The Morgan fingerprint density at radius 1 is 1.23 bits per heavy atom. The van der Waals surface area contributed by atoms with Gasteiger partial charge in [-0.3, -0.25) is 9.69 Å². The summed E-state index contributed by atoms with van der Waals surface area (Å²) in [6.45, 7) is 1.07. The van der Waals surface area contributed by atoms with Gasteiger partial charge in [-0.15, -0.1) is 0 Å². The molecule has 8 nitrogen and oxygen atoms in total. The van der Waals surface area contributed by atoms with E-state index in [4.69, 9.17) is 0 Å². The van der Waals surface area contributed by atoms with Crippen LogP contribution in [-0.2, 0) is 4.79 Å². The number of nitrogens with one attached hydrogen (secondary N) is 1. The predicted octanol–water partition coefficient (Wildman–Crippen LogP) is 1.90. The molecule has 3 aliphatic rings. The number of hydrogen-bond acceptors (Lipinski definition) is 6. The van der Waals surface area contributed by atoms with E-state index in [-0.39, 0.29) is 6.54 Å². The molecule has 138 valence electrons. The van der Waals surface area contributed by atoms with Crippen LogP contribution in [0.2, 0.25) is 0 Å². The van der Waals surface area contributed by atoms with Crippen molar-refractivity contribution in [2.75, 3.05) is 18.4 Å². The maximum atomic E-state index is 11.2. The minimum Gasteiger partial charge on any atom is -0.480 e. The summed E-state index contributed by atoms with van der Waals surface area (Å²) in [5, 5.41) is 12.7. The number of imidazole rings is 1. The molecule has 0 aromatic carbocycles. The van der Waals surface area contributed by atoms with Crippen LogP contribution < -0.4 is 5.32 Å². The molecule has 2 heterocycles. The van der Waals surface area contributed by atoms with Crippen molar-refractivity contribution in [1.29, 1.82) is 0 Å². The third-order valence-corrected chi connectivity index (χ3v) is 5.80. The number of rotatable bonds is 8. The maximum absolute atomic E-state index is 11.2. The molecule has 0 unspecified atom stereocenters. The minimum atomic E-state index is -0.731. The molecule has 3 aliphatic carbocycles. The third-order valence-electron chi connectivity index (χ3n) is 5.80. The molecule has 2 N–H and O–H groups in total. The van der Waals surface area contributed by atoms with Crippen LogP contribution in [0.3, 0.4) is 0 Å². The van der Waals surface area contributed by atoms with E-state index in [0.717, 1.165) is 36.4 Å². The van der Waals surface area contributed by atoms with E-state index in [9.17, 15) is 9.90 Å².